The van der Waals surface area contributed by atoms with Crippen molar-refractivity contribution in [1.29, 1.82) is 0 Å². The molecule has 0 bridgehead atoms. The fraction of sp³-hybridized carbons (Fsp3) is 0.333. The summed E-state index contributed by atoms with van der Waals surface area (Å²) in [4.78, 5) is 3.46. The van der Waals surface area contributed by atoms with Crippen molar-refractivity contribution in [3.63, 3.8) is 0 Å². The van der Waals surface area contributed by atoms with Gasteiger partial charge in [-0.25, -0.2) is 0 Å². The van der Waals surface area contributed by atoms with Gasteiger partial charge in [0.1, 0.15) is 5.75 Å². The largest absolute Gasteiger partial charge is 0.494 e. The summed E-state index contributed by atoms with van der Waals surface area (Å²) in [5.41, 5.74) is 3.51. The molecule has 2 rings (SSSR count). The van der Waals surface area contributed by atoms with Gasteiger partial charge >= 0.3 is 0 Å². The number of aryl methyl sites for hydroxylation is 1. The molecule has 17 heavy (non-hydrogen) atoms. The summed E-state index contributed by atoms with van der Waals surface area (Å²) < 4.78 is 5.43. The lowest BCUT2D eigenvalue weighted by Gasteiger charge is -2.02. The SMILES string of the molecule is CCCCc1cc(OC)c(-c2ccccc2)[nH]1. The van der Waals surface area contributed by atoms with Crippen LogP contribution in [0.15, 0.2) is 36.4 Å². The Labute approximate surface area is 103 Å². The lowest BCUT2D eigenvalue weighted by atomic mass is 10.1. The Bertz CT molecular complexity index is 459. The molecule has 0 saturated heterocycles. The summed E-state index contributed by atoms with van der Waals surface area (Å²) >= 11 is 0. The molecule has 0 radical (unpaired) electrons. The highest BCUT2D eigenvalue weighted by molar-refractivity contribution is 5.67. The Morgan fingerprint density at radius 3 is 2.59 bits per heavy atom. The minimum Gasteiger partial charge on any atom is -0.494 e. The first-order valence-electron chi connectivity index (χ1n) is 6.16. The summed E-state index contributed by atoms with van der Waals surface area (Å²) in [6, 6.07) is 12.4. The van der Waals surface area contributed by atoms with Gasteiger partial charge in [0.05, 0.1) is 12.8 Å². The predicted molar refractivity (Wildman–Crippen MR) is 71.4 cm³/mol. The molecule has 0 saturated carbocycles. The number of unbranched alkanes of at least 4 members (excludes halogenated alkanes) is 1. The Morgan fingerprint density at radius 2 is 1.94 bits per heavy atom. The number of hydrogen-bond donors (Lipinski definition) is 1. The van der Waals surface area contributed by atoms with Crippen LogP contribution in [-0.4, -0.2) is 12.1 Å². The molecular formula is C15H19NO. The molecule has 0 amide bonds. The van der Waals surface area contributed by atoms with Crippen LogP contribution in [0.1, 0.15) is 25.5 Å². The van der Waals surface area contributed by atoms with Gasteiger partial charge in [-0.2, -0.15) is 0 Å². The second kappa shape index (κ2) is 5.58. The number of aromatic nitrogens is 1. The summed E-state index contributed by atoms with van der Waals surface area (Å²) in [5.74, 6) is 0.933. The molecule has 1 aromatic carbocycles. The molecular weight excluding hydrogens is 210 g/mol. The summed E-state index contributed by atoms with van der Waals surface area (Å²) in [6.45, 7) is 2.21. The Kier molecular flexibility index (Phi) is 3.86. The molecule has 0 atom stereocenters. The first-order chi connectivity index (χ1) is 8.35. The number of rotatable bonds is 5. The van der Waals surface area contributed by atoms with Crippen molar-refractivity contribution in [1.82, 2.24) is 4.98 Å². The molecule has 2 heteroatoms. The number of H-pyrrole nitrogens is 1. The fourth-order valence-corrected chi connectivity index (χ4v) is 1.97. The van der Waals surface area contributed by atoms with E-state index < -0.39 is 0 Å². The topological polar surface area (TPSA) is 25.0 Å². The zero-order valence-electron chi connectivity index (χ0n) is 10.5. The van der Waals surface area contributed by atoms with E-state index in [-0.39, 0.29) is 0 Å². The number of methoxy groups -OCH3 is 1. The van der Waals surface area contributed by atoms with Crippen molar-refractivity contribution in [2.75, 3.05) is 7.11 Å². The molecule has 90 valence electrons. The van der Waals surface area contributed by atoms with E-state index in [4.69, 9.17) is 4.74 Å². The van der Waals surface area contributed by atoms with E-state index in [0.717, 1.165) is 17.9 Å². The Hall–Kier alpha value is -1.70. The maximum Gasteiger partial charge on any atom is 0.144 e. The Morgan fingerprint density at radius 1 is 1.18 bits per heavy atom. The third kappa shape index (κ3) is 2.70. The van der Waals surface area contributed by atoms with Crippen molar-refractivity contribution in [3.8, 4) is 17.0 Å². The number of ether oxygens (including phenoxy) is 1. The van der Waals surface area contributed by atoms with Crippen LogP contribution >= 0.6 is 0 Å². The van der Waals surface area contributed by atoms with Gasteiger partial charge in [0, 0.05) is 17.3 Å². The van der Waals surface area contributed by atoms with Crippen molar-refractivity contribution in [2.45, 2.75) is 26.2 Å². The highest BCUT2D eigenvalue weighted by Gasteiger charge is 2.09. The van der Waals surface area contributed by atoms with Crippen molar-refractivity contribution < 1.29 is 4.74 Å². The number of benzene rings is 1. The average molecular weight is 229 g/mol. The maximum atomic E-state index is 5.43. The smallest absolute Gasteiger partial charge is 0.144 e. The van der Waals surface area contributed by atoms with E-state index in [1.807, 2.05) is 18.2 Å². The van der Waals surface area contributed by atoms with E-state index in [1.165, 1.54) is 24.1 Å². The molecule has 0 spiro atoms. The van der Waals surface area contributed by atoms with Crippen LogP contribution in [0.2, 0.25) is 0 Å². The molecule has 0 aliphatic carbocycles. The van der Waals surface area contributed by atoms with Crippen molar-refractivity contribution in [3.05, 3.63) is 42.1 Å². The average Bonchev–Trinajstić information content (AvgIpc) is 2.80. The standard InChI is InChI=1S/C15H19NO/c1-3-4-10-13-11-14(17-2)15(16-13)12-8-6-5-7-9-12/h5-9,11,16H,3-4,10H2,1-2H3. The lowest BCUT2D eigenvalue weighted by molar-refractivity contribution is 0.417. The number of aromatic amines is 1. The Balaban J connectivity index is 2.30. The summed E-state index contributed by atoms with van der Waals surface area (Å²) in [7, 11) is 1.72. The molecule has 0 unspecified atom stereocenters. The van der Waals surface area contributed by atoms with Crippen LogP contribution in [0.3, 0.4) is 0 Å². The maximum absolute atomic E-state index is 5.43. The first-order valence-corrected chi connectivity index (χ1v) is 6.16. The van der Waals surface area contributed by atoms with E-state index in [1.54, 1.807) is 7.11 Å². The number of hydrogen-bond acceptors (Lipinski definition) is 1. The van der Waals surface area contributed by atoms with Gasteiger partial charge in [0.2, 0.25) is 0 Å². The quantitative estimate of drug-likeness (QED) is 0.822. The van der Waals surface area contributed by atoms with Crippen LogP contribution in [0, 0.1) is 0 Å². The van der Waals surface area contributed by atoms with Gasteiger partial charge in [-0.05, 0) is 12.8 Å². The van der Waals surface area contributed by atoms with Gasteiger partial charge < -0.3 is 9.72 Å². The van der Waals surface area contributed by atoms with Crippen LogP contribution in [0.25, 0.3) is 11.3 Å². The molecule has 2 nitrogen and oxygen atoms in total. The van der Waals surface area contributed by atoms with Crippen LogP contribution < -0.4 is 4.74 Å². The molecule has 1 N–H and O–H groups in total. The normalized spacial score (nSPS) is 10.5. The van der Waals surface area contributed by atoms with Crippen LogP contribution in [-0.2, 0) is 6.42 Å². The highest BCUT2D eigenvalue weighted by Crippen LogP contribution is 2.30. The third-order valence-electron chi connectivity index (χ3n) is 2.92. The summed E-state index contributed by atoms with van der Waals surface area (Å²) in [6.07, 6.45) is 3.50. The molecule has 0 aliphatic rings. The van der Waals surface area contributed by atoms with Gasteiger partial charge in [-0.1, -0.05) is 43.7 Å². The van der Waals surface area contributed by atoms with Gasteiger partial charge in [0.25, 0.3) is 0 Å². The predicted octanol–water partition coefficient (Wildman–Crippen LogP) is 4.03. The first kappa shape index (κ1) is 11.8. The molecule has 0 fully saturated rings. The second-order valence-corrected chi connectivity index (χ2v) is 4.21. The van der Waals surface area contributed by atoms with Gasteiger partial charge in [-0.3, -0.25) is 0 Å². The van der Waals surface area contributed by atoms with Crippen molar-refractivity contribution in [2.24, 2.45) is 0 Å². The van der Waals surface area contributed by atoms with E-state index in [2.05, 4.69) is 30.1 Å². The highest BCUT2D eigenvalue weighted by atomic mass is 16.5. The third-order valence-corrected chi connectivity index (χ3v) is 2.92. The van der Waals surface area contributed by atoms with Gasteiger partial charge in [-0.15, -0.1) is 0 Å². The second-order valence-electron chi connectivity index (χ2n) is 4.21. The molecule has 0 aliphatic heterocycles. The molecule has 1 heterocycles. The van der Waals surface area contributed by atoms with E-state index in [9.17, 15) is 0 Å². The van der Waals surface area contributed by atoms with Crippen molar-refractivity contribution >= 4 is 0 Å². The molecule has 2 aromatic rings. The minimum atomic E-state index is 0.933. The zero-order chi connectivity index (χ0) is 12.1. The van der Waals surface area contributed by atoms with Crippen LogP contribution in [0.5, 0.6) is 5.75 Å². The fourth-order valence-electron chi connectivity index (χ4n) is 1.97. The van der Waals surface area contributed by atoms with Gasteiger partial charge in [0.15, 0.2) is 0 Å². The summed E-state index contributed by atoms with van der Waals surface area (Å²) in [5, 5.41) is 0. The van der Waals surface area contributed by atoms with E-state index in [0.29, 0.717) is 0 Å². The molecule has 1 aromatic heterocycles. The number of nitrogens with one attached hydrogen (secondary N) is 1. The van der Waals surface area contributed by atoms with E-state index >= 15 is 0 Å². The monoisotopic (exact) mass is 229 g/mol. The lowest BCUT2D eigenvalue weighted by Crippen LogP contribution is -1.85. The van der Waals surface area contributed by atoms with Crippen LogP contribution in [0.4, 0.5) is 0 Å². The zero-order valence-corrected chi connectivity index (χ0v) is 10.5. The minimum absolute atomic E-state index is 0.933.